The fourth-order valence-corrected chi connectivity index (χ4v) is 4.39. The zero-order valence-corrected chi connectivity index (χ0v) is 19.0. The quantitative estimate of drug-likeness (QED) is 0.471. The minimum atomic E-state index is -0.133. The monoisotopic (exact) mass is 427 g/mol. The molecule has 2 aromatic rings. The van der Waals surface area contributed by atoms with E-state index >= 15 is 0 Å². The van der Waals surface area contributed by atoms with Gasteiger partial charge >= 0.3 is 0 Å². The van der Waals surface area contributed by atoms with Gasteiger partial charge in [-0.15, -0.1) is 0 Å². The van der Waals surface area contributed by atoms with Gasteiger partial charge in [-0.3, -0.25) is 9.63 Å². The van der Waals surface area contributed by atoms with E-state index in [0.717, 1.165) is 36.6 Å². The number of oxazole rings is 1. The van der Waals surface area contributed by atoms with Crippen LogP contribution in [-0.2, 0) is 22.8 Å². The van der Waals surface area contributed by atoms with Crippen molar-refractivity contribution in [3.63, 3.8) is 0 Å². The first kappa shape index (κ1) is 23.5. The minimum absolute atomic E-state index is 0.0279. The summed E-state index contributed by atoms with van der Waals surface area (Å²) in [4.78, 5) is 24.7. The van der Waals surface area contributed by atoms with Gasteiger partial charge in [0.2, 0.25) is 5.91 Å². The molecule has 1 aliphatic carbocycles. The first-order chi connectivity index (χ1) is 15.1. The number of rotatable bonds is 12. The molecular weight excluding hydrogens is 390 g/mol. The summed E-state index contributed by atoms with van der Waals surface area (Å²) in [5, 5.41) is 0. The Labute approximate surface area is 186 Å². The van der Waals surface area contributed by atoms with Crippen molar-refractivity contribution in [3.05, 3.63) is 53.7 Å². The summed E-state index contributed by atoms with van der Waals surface area (Å²) >= 11 is 0. The third-order valence-electron chi connectivity index (χ3n) is 5.99. The Kier molecular flexibility index (Phi) is 9.56. The summed E-state index contributed by atoms with van der Waals surface area (Å²) in [7, 11) is 4.01. The number of hydroxylamine groups is 1. The summed E-state index contributed by atoms with van der Waals surface area (Å²) in [5.41, 5.74) is 4.52. The number of aromatic nitrogens is 1. The SMILES string of the molecule is CN(C)Cc1coc(C(CCCC2CCCCC2)CC(=O)NOCc2ccccc2)n1. The van der Waals surface area contributed by atoms with E-state index in [-0.39, 0.29) is 11.8 Å². The Bertz CT molecular complexity index is 769. The Morgan fingerprint density at radius 3 is 2.74 bits per heavy atom. The van der Waals surface area contributed by atoms with Crippen LogP contribution in [0.15, 0.2) is 41.0 Å². The molecule has 1 N–H and O–H groups in total. The van der Waals surface area contributed by atoms with Gasteiger partial charge in [0.25, 0.3) is 0 Å². The van der Waals surface area contributed by atoms with E-state index in [9.17, 15) is 4.79 Å². The molecule has 0 spiro atoms. The third kappa shape index (κ3) is 8.46. The van der Waals surface area contributed by atoms with Crippen molar-refractivity contribution in [1.29, 1.82) is 0 Å². The number of carbonyl (C=O) groups excluding carboxylic acids is 1. The molecule has 0 saturated heterocycles. The number of amides is 1. The van der Waals surface area contributed by atoms with Gasteiger partial charge in [0.15, 0.2) is 5.89 Å². The highest BCUT2D eigenvalue weighted by molar-refractivity contribution is 5.75. The van der Waals surface area contributed by atoms with Crippen molar-refractivity contribution in [2.45, 2.75) is 76.9 Å². The molecule has 0 aliphatic heterocycles. The number of benzene rings is 1. The Morgan fingerprint density at radius 1 is 1.23 bits per heavy atom. The molecule has 1 aromatic carbocycles. The van der Waals surface area contributed by atoms with Crippen LogP contribution in [-0.4, -0.2) is 29.9 Å². The van der Waals surface area contributed by atoms with Crippen LogP contribution in [0.2, 0.25) is 0 Å². The molecule has 1 saturated carbocycles. The lowest BCUT2D eigenvalue weighted by molar-refractivity contribution is -0.135. The number of hydrogen-bond donors (Lipinski definition) is 1. The molecule has 1 atom stereocenters. The minimum Gasteiger partial charge on any atom is -0.448 e. The summed E-state index contributed by atoms with van der Waals surface area (Å²) in [6.07, 6.45) is 12.1. The second-order valence-corrected chi connectivity index (χ2v) is 9.05. The topological polar surface area (TPSA) is 67.6 Å². The molecule has 0 bridgehead atoms. The Morgan fingerprint density at radius 2 is 2.00 bits per heavy atom. The lowest BCUT2D eigenvalue weighted by Gasteiger charge is -2.22. The lowest BCUT2D eigenvalue weighted by Crippen LogP contribution is -2.25. The average Bonchev–Trinajstić information content (AvgIpc) is 3.22. The molecule has 3 rings (SSSR count). The standard InChI is InChI=1S/C25H37N3O3/c1-28(2)17-23-19-30-25(26-23)22(15-9-14-20-10-5-3-6-11-20)16-24(29)27-31-18-21-12-7-4-8-13-21/h4,7-8,12-13,19-20,22H,3,5-6,9-11,14-18H2,1-2H3,(H,27,29). The average molecular weight is 428 g/mol. The van der Waals surface area contributed by atoms with E-state index in [1.165, 1.54) is 38.5 Å². The highest BCUT2D eigenvalue weighted by Crippen LogP contribution is 2.31. The number of hydrogen-bond acceptors (Lipinski definition) is 5. The van der Waals surface area contributed by atoms with E-state index in [2.05, 4.69) is 15.4 Å². The maximum atomic E-state index is 12.6. The van der Waals surface area contributed by atoms with E-state index in [1.54, 1.807) is 6.26 Å². The van der Waals surface area contributed by atoms with E-state index in [0.29, 0.717) is 18.9 Å². The molecular formula is C25H37N3O3. The number of nitrogens with one attached hydrogen (secondary N) is 1. The summed E-state index contributed by atoms with van der Waals surface area (Å²) in [6.45, 7) is 1.08. The third-order valence-corrected chi connectivity index (χ3v) is 5.99. The predicted molar refractivity (Wildman–Crippen MR) is 121 cm³/mol. The fourth-order valence-electron chi connectivity index (χ4n) is 4.39. The van der Waals surface area contributed by atoms with Crippen molar-refractivity contribution in [2.24, 2.45) is 5.92 Å². The van der Waals surface area contributed by atoms with Crippen molar-refractivity contribution in [1.82, 2.24) is 15.4 Å². The van der Waals surface area contributed by atoms with Crippen molar-refractivity contribution in [2.75, 3.05) is 14.1 Å². The second-order valence-electron chi connectivity index (χ2n) is 9.05. The van der Waals surface area contributed by atoms with Crippen LogP contribution in [0, 0.1) is 5.92 Å². The number of carbonyl (C=O) groups is 1. The smallest absolute Gasteiger partial charge is 0.244 e. The molecule has 1 aromatic heterocycles. The van der Waals surface area contributed by atoms with Crippen LogP contribution < -0.4 is 5.48 Å². The summed E-state index contributed by atoms with van der Waals surface area (Å²) < 4.78 is 5.79. The molecule has 1 unspecified atom stereocenters. The largest absolute Gasteiger partial charge is 0.448 e. The van der Waals surface area contributed by atoms with Crippen LogP contribution in [0.3, 0.4) is 0 Å². The molecule has 6 heteroatoms. The van der Waals surface area contributed by atoms with Gasteiger partial charge in [-0.2, -0.15) is 0 Å². The first-order valence-corrected chi connectivity index (χ1v) is 11.6. The highest BCUT2D eigenvalue weighted by atomic mass is 16.6. The number of nitrogens with zero attached hydrogens (tertiary/aromatic N) is 2. The predicted octanol–water partition coefficient (Wildman–Crippen LogP) is 5.21. The lowest BCUT2D eigenvalue weighted by atomic mass is 9.84. The van der Waals surface area contributed by atoms with Gasteiger partial charge in [0, 0.05) is 18.9 Å². The van der Waals surface area contributed by atoms with Gasteiger partial charge in [-0.25, -0.2) is 10.5 Å². The molecule has 1 heterocycles. The van der Waals surface area contributed by atoms with Crippen molar-refractivity contribution in [3.8, 4) is 0 Å². The van der Waals surface area contributed by atoms with Crippen LogP contribution in [0.25, 0.3) is 0 Å². The zero-order valence-electron chi connectivity index (χ0n) is 19.0. The Balaban J connectivity index is 1.52. The Hall–Kier alpha value is -2.18. The molecule has 31 heavy (non-hydrogen) atoms. The summed E-state index contributed by atoms with van der Waals surface area (Å²) in [6, 6.07) is 9.81. The van der Waals surface area contributed by atoms with E-state index in [1.807, 2.05) is 44.4 Å². The van der Waals surface area contributed by atoms with Gasteiger partial charge in [0.1, 0.15) is 6.26 Å². The second kappa shape index (κ2) is 12.6. The maximum absolute atomic E-state index is 12.6. The van der Waals surface area contributed by atoms with Crippen molar-refractivity contribution < 1.29 is 14.0 Å². The fraction of sp³-hybridized carbons (Fsp3) is 0.600. The molecule has 1 fully saturated rings. The molecule has 1 aliphatic rings. The van der Waals surface area contributed by atoms with E-state index in [4.69, 9.17) is 9.25 Å². The maximum Gasteiger partial charge on any atom is 0.244 e. The normalized spacial score (nSPS) is 15.8. The van der Waals surface area contributed by atoms with Crippen LogP contribution in [0.4, 0.5) is 0 Å². The molecule has 170 valence electrons. The molecule has 0 radical (unpaired) electrons. The van der Waals surface area contributed by atoms with Crippen LogP contribution in [0.1, 0.15) is 80.9 Å². The van der Waals surface area contributed by atoms with E-state index < -0.39 is 0 Å². The highest BCUT2D eigenvalue weighted by Gasteiger charge is 2.22. The summed E-state index contributed by atoms with van der Waals surface area (Å²) in [5.74, 6) is 1.34. The van der Waals surface area contributed by atoms with Gasteiger partial charge in [0.05, 0.1) is 12.3 Å². The van der Waals surface area contributed by atoms with Gasteiger partial charge in [-0.05, 0) is 32.0 Å². The molecule has 1 amide bonds. The first-order valence-electron chi connectivity index (χ1n) is 11.6. The van der Waals surface area contributed by atoms with Crippen molar-refractivity contribution >= 4 is 5.91 Å². The van der Waals surface area contributed by atoms with Gasteiger partial charge in [-0.1, -0.05) is 75.3 Å². The molecule has 6 nitrogen and oxygen atoms in total. The van der Waals surface area contributed by atoms with Crippen LogP contribution in [0.5, 0.6) is 0 Å². The van der Waals surface area contributed by atoms with Gasteiger partial charge < -0.3 is 9.32 Å². The zero-order chi connectivity index (χ0) is 21.9. The van der Waals surface area contributed by atoms with Crippen LogP contribution >= 0.6 is 0 Å².